The van der Waals surface area contributed by atoms with Crippen molar-refractivity contribution in [1.29, 1.82) is 0 Å². The molecule has 2 N–H and O–H groups in total. The standard InChI is InChI=1S/C15H20N2O2/c18-13-5-4-11-6-8-17(10-12(11)9-13)15(19)14-3-1-2-7-16-14/h4-5,9,14,16,18H,1-3,6-8,10H2/t14-/m1/s1. The van der Waals surface area contributed by atoms with Crippen molar-refractivity contribution < 1.29 is 9.90 Å². The third-order valence-electron chi connectivity index (χ3n) is 4.12. The molecule has 2 aliphatic rings. The average Bonchev–Trinajstić information content (AvgIpc) is 2.46. The molecule has 0 radical (unpaired) electrons. The molecule has 1 saturated heterocycles. The van der Waals surface area contributed by atoms with Crippen LogP contribution in [0.1, 0.15) is 30.4 Å². The zero-order valence-electron chi connectivity index (χ0n) is 11.1. The molecule has 0 aliphatic carbocycles. The van der Waals surface area contributed by atoms with Crippen LogP contribution in [0, 0.1) is 0 Å². The van der Waals surface area contributed by atoms with E-state index in [1.807, 2.05) is 11.0 Å². The number of hydrogen-bond acceptors (Lipinski definition) is 3. The van der Waals surface area contributed by atoms with Gasteiger partial charge in [0.15, 0.2) is 0 Å². The number of phenols is 1. The van der Waals surface area contributed by atoms with Gasteiger partial charge in [0.1, 0.15) is 5.75 Å². The molecule has 2 aliphatic heterocycles. The largest absolute Gasteiger partial charge is 0.508 e. The molecule has 0 aromatic heterocycles. The van der Waals surface area contributed by atoms with Crippen molar-refractivity contribution in [3.63, 3.8) is 0 Å². The second-order valence-electron chi connectivity index (χ2n) is 5.47. The molecule has 1 aromatic carbocycles. The van der Waals surface area contributed by atoms with Gasteiger partial charge in [-0.15, -0.1) is 0 Å². The number of carbonyl (C=O) groups excluding carboxylic acids is 1. The van der Waals surface area contributed by atoms with Crippen molar-refractivity contribution in [3.05, 3.63) is 29.3 Å². The first-order valence-corrected chi connectivity index (χ1v) is 7.07. The number of hydrogen-bond donors (Lipinski definition) is 2. The van der Waals surface area contributed by atoms with E-state index in [9.17, 15) is 9.90 Å². The molecule has 2 heterocycles. The topological polar surface area (TPSA) is 52.6 Å². The molecular formula is C15H20N2O2. The van der Waals surface area contributed by atoms with Crippen LogP contribution >= 0.6 is 0 Å². The molecule has 4 nitrogen and oxygen atoms in total. The number of carbonyl (C=O) groups is 1. The third-order valence-corrected chi connectivity index (χ3v) is 4.12. The fraction of sp³-hybridized carbons (Fsp3) is 0.533. The van der Waals surface area contributed by atoms with Crippen LogP contribution in [-0.2, 0) is 17.8 Å². The first-order valence-electron chi connectivity index (χ1n) is 7.07. The lowest BCUT2D eigenvalue weighted by atomic mass is 9.97. The summed E-state index contributed by atoms with van der Waals surface area (Å²) < 4.78 is 0. The van der Waals surface area contributed by atoms with E-state index < -0.39 is 0 Å². The molecule has 3 rings (SSSR count). The van der Waals surface area contributed by atoms with Crippen LogP contribution in [0.3, 0.4) is 0 Å². The fourth-order valence-electron chi connectivity index (χ4n) is 3.01. The van der Waals surface area contributed by atoms with E-state index in [2.05, 4.69) is 5.32 Å². The maximum absolute atomic E-state index is 12.4. The Balaban J connectivity index is 1.72. The number of nitrogens with zero attached hydrogens (tertiary/aromatic N) is 1. The third kappa shape index (κ3) is 2.59. The molecule has 0 unspecified atom stereocenters. The summed E-state index contributed by atoms with van der Waals surface area (Å²) in [6, 6.07) is 5.46. The van der Waals surface area contributed by atoms with Crippen LogP contribution in [0.25, 0.3) is 0 Å². The van der Waals surface area contributed by atoms with Crippen molar-refractivity contribution in [1.82, 2.24) is 10.2 Å². The first kappa shape index (κ1) is 12.5. The number of nitrogens with one attached hydrogen (secondary N) is 1. The van der Waals surface area contributed by atoms with Gasteiger partial charge in [0.2, 0.25) is 5.91 Å². The number of fused-ring (bicyclic) bond motifs is 1. The molecule has 102 valence electrons. The average molecular weight is 260 g/mol. The molecule has 1 amide bonds. The quantitative estimate of drug-likeness (QED) is 0.803. The predicted octanol–water partition coefficient (Wildman–Crippen LogP) is 1.42. The number of benzene rings is 1. The smallest absolute Gasteiger partial charge is 0.240 e. The maximum Gasteiger partial charge on any atom is 0.240 e. The van der Waals surface area contributed by atoms with E-state index in [0.717, 1.165) is 37.9 Å². The van der Waals surface area contributed by atoms with Crippen LogP contribution in [-0.4, -0.2) is 35.0 Å². The van der Waals surface area contributed by atoms with E-state index in [0.29, 0.717) is 6.54 Å². The van der Waals surface area contributed by atoms with E-state index in [-0.39, 0.29) is 17.7 Å². The highest BCUT2D eigenvalue weighted by atomic mass is 16.3. The Morgan fingerprint density at radius 2 is 2.21 bits per heavy atom. The summed E-state index contributed by atoms with van der Waals surface area (Å²) in [4.78, 5) is 14.4. The summed E-state index contributed by atoms with van der Waals surface area (Å²) in [6.07, 6.45) is 4.13. The van der Waals surface area contributed by atoms with Crippen molar-refractivity contribution in [2.75, 3.05) is 13.1 Å². The number of phenolic OH excluding ortho intramolecular Hbond substituents is 1. The Bertz CT molecular complexity index is 481. The Labute approximate surface area is 113 Å². The van der Waals surface area contributed by atoms with Gasteiger partial charge in [-0.2, -0.15) is 0 Å². The molecule has 1 fully saturated rings. The van der Waals surface area contributed by atoms with Gasteiger partial charge in [-0.1, -0.05) is 12.5 Å². The van der Waals surface area contributed by atoms with Gasteiger partial charge in [0.25, 0.3) is 0 Å². The summed E-state index contributed by atoms with van der Waals surface area (Å²) in [5.41, 5.74) is 2.33. The monoisotopic (exact) mass is 260 g/mol. The second kappa shape index (κ2) is 5.21. The molecule has 0 spiro atoms. The van der Waals surface area contributed by atoms with Gasteiger partial charge in [-0.25, -0.2) is 0 Å². The summed E-state index contributed by atoms with van der Waals surface area (Å²) in [5.74, 6) is 0.498. The summed E-state index contributed by atoms with van der Waals surface area (Å²) in [6.45, 7) is 2.36. The lowest BCUT2D eigenvalue weighted by Gasteiger charge is -2.33. The van der Waals surface area contributed by atoms with Crippen molar-refractivity contribution in [2.24, 2.45) is 0 Å². The lowest BCUT2D eigenvalue weighted by Crippen LogP contribution is -2.49. The van der Waals surface area contributed by atoms with E-state index in [1.54, 1.807) is 12.1 Å². The Kier molecular flexibility index (Phi) is 3.42. The van der Waals surface area contributed by atoms with Gasteiger partial charge in [0, 0.05) is 13.1 Å². The minimum absolute atomic E-state index is 0.00684. The molecule has 0 bridgehead atoms. The normalized spacial score (nSPS) is 22.9. The maximum atomic E-state index is 12.4. The van der Waals surface area contributed by atoms with Crippen molar-refractivity contribution >= 4 is 5.91 Å². The van der Waals surface area contributed by atoms with Crippen molar-refractivity contribution in [2.45, 2.75) is 38.3 Å². The molecule has 0 saturated carbocycles. The van der Waals surface area contributed by atoms with Gasteiger partial charge in [0.05, 0.1) is 6.04 Å². The summed E-state index contributed by atoms with van der Waals surface area (Å²) in [5, 5.41) is 12.9. The number of rotatable bonds is 1. The van der Waals surface area contributed by atoms with E-state index >= 15 is 0 Å². The molecular weight excluding hydrogens is 240 g/mol. The lowest BCUT2D eigenvalue weighted by molar-refractivity contribution is -0.135. The highest BCUT2D eigenvalue weighted by Gasteiger charge is 2.28. The highest BCUT2D eigenvalue weighted by Crippen LogP contribution is 2.24. The Hall–Kier alpha value is -1.55. The van der Waals surface area contributed by atoms with Crippen LogP contribution < -0.4 is 5.32 Å². The SMILES string of the molecule is O=C([C@H]1CCCCN1)N1CCc2ccc(O)cc2C1. The number of aromatic hydroxyl groups is 1. The minimum Gasteiger partial charge on any atom is -0.508 e. The second-order valence-corrected chi connectivity index (χ2v) is 5.47. The van der Waals surface area contributed by atoms with Crippen LogP contribution in [0.15, 0.2) is 18.2 Å². The Morgan fingerprint density at radius 1 is 1.32 bits per heavy atom. The van der Waals surface area contributed by atoms with Gasteiger partial charge >= 0.3 is 0 Å². The molecule has 1 atom stereocenters. The summed E-state index contributed by atoms with van der Waals surface area (Å²) >= 11 is 0. The number of piperidine rings is 1. The predicted molar refractivity (Wildman–Crippen MR) is 72.9 cm³/mol. The van der Waals surface area contributed by atoms with Crippen LogP contribution in [0.5, 0.6) is 5.75 Å². The molecule has 1 aromatic rings. The molecule has 4 heteroatoms. The summed E-state index contributed by atoms with van der Waals surface area (Å²) in [7, 11) is 0. The number of amides is 1. The van der Waals surface area contributed by atoms with Gasteiger partial charge < -0.3 is 15.3 Å². The Morgan fingerprint density at radius 3 is 3.00 bits per heavy atom. The van der Waals surface area contributed by atoms with E-state index in [1.165, 1.54) is 12.0 Å². The van der Waals surface area contributed by atoms with Gasteiger partial charge in [-0.3, -0.25) is 4.79 Å². The zero-order chi connectivity index (χ0) is 13.2. The highest BCUT2D eigenvalue weighted by molar-refractivity contribution is 5.82. The molecule has 19 heavy (non-hydrogen) atoms. The minimum atomic E-state index is -0.00684. The van der Waals surface area contributed by atoms with Crippen LogP contribution in [0.2, 0.25) is 0 Å². The van der Waals surface area contributed by atoms with Gasteiger partial charge in [-0.05, 0) is 49.1 Å². The van der Waals surface area contributed by atoms with Crippen LogP contribution in [0.4, 0.5) is 0 Å². The van der Waals surface area contributed by atoms with E-state index in [4.69, 9.17) is 0 Å². The zero-order valence-corrected chi connectivity index (χ0v) is 11.1. The first-order chi connectivity index (χ1) is 9.24. The fourth-order valence-corrected chi connectivity index (χ4v) is 3.01. The van der Waals surface area contributed by atoms with Crippen molar-refractivity contribution in [3.8, 4) is 5.75 Å².